The van der Waals surface area contributed by atoms with E-state index in [1.807, 2.05) is 12.1 Å². The molecule has 1 aliphatic rings. The predicted molar refractivity (Wildman–Crippen MR) is 117 cm³/mol. The summed E-state index contributed by atoms with van der Waals surface area (Å²) in [4.78, 5) is 17.5. The van der Waals surface area contributed by atoms with Crippen LogP contribution in [0.15, 0.2) is 48.5 Å². The van der Waals surface area contributed by atoms with E-state index in [1.165, 1.54) is 16.8 Å². The largest absolute Gasteiger partial charge is 0.369 e. The molecule has 28 heavy (non-hydrogen) atoms. The number of rotatable bonds is 6. The summed E-state index contributed by atoms with van der Waals surface area (Å²) in [5.41, 5.74) is 4.30. The van der Waals surface area contributed by atoms with Crippen LogP contribution in [-0.4, -0.2) is 50.1 Å². The van der Waals surface area contributed by atoms with Gasteiger partial charge in [-0.1, -0.05) is 50.6 Å². The first-order chi connectivity index (χ1) is 13.4. The molecule has 0 atom stereocenters. The average molecular weight is 380 g/mol. The predicted octanol–water partition coefficient (Wildman–Crippen LogP) is 3.84. The normalized spacial score (nSPS) is 15.5. The number of aryl methyl sites for hydroxylation is 1. The third-order valence-corrected chi connectivity index (χ3v) is 5.80. The number of hydrogen-bond donors (Lipinski definition) is 1. The summed E-state index contributed by atoms with van der Waals surface area (Å²) in [5, 5.41) is 3.11. The molecule has 1 saturated heterocycles. The molecule has 1 aliphatic heterocycles. The van der Waals surface area contributed by atoms with E-state index in [0.717, 1.165) is 38.3 Å². The number of likely N-dealkylation sites (N-methyl/N-ethyl adjacent to an activating group) is 1. The molecule has 3 rings (SSSR count). The van der Waals surface area contributed by atoms with Crippen LogP contribution in [0.2, 0.25) is 0 Å². The van der Waals surface area contributed by atoms with Crippen LogP contribution < -0.4 is 10.2 Å². The van der Waals surface area contributed by atoms with Gasteiger partial charge in [0, 0.05) is 49.4 Å². The summed E-state index contributed by atoms with van der Waals surface area (Å²) in [7, 11) is 0. The number of hydrogen-bond acceptors (Lipinski definition) is 3. The molecule has 0 bridgehead atoms. The Morgan fingerprint density at radius 2 is 1.71 bits per heavy atom. The number of nitrogens with zero attached hydrogens (tertiary/aromatic N) is 2. The van der Waals surface area contributed by atoms with Gasteiger partial charge in [0.2, 0.25) is 0 Å². The Balaban J connectivity index is 1.57. The Labute approximate surface area is 169 Å². The molecule has 1 N–H and O–H groups in total. The summed E-state index contributed by atoms with van der Waals surface area (Å²) in [5.74, 6) is -0.0110. The lowest BCUT2D eigenvalue weighted by molar-refractivity contribution is 0.0945. The molecule has 0 spiro atoms. The Hall–Kier alpha value is -2.33. The molecule has 150 valence electrons. The van der Waals surface area contributed by atoms with Gasteiger partial charge in [-0.3, -0.25) is 4.79 Å². The number of nitrogens with one attached hydrogen (secondary N) is 1. The molecule has 0 unspecified atom stereocenters. The van der Waals surface area contributed by atoms with Crippen molar-refractivity contribution >= 4 is 11.6 Å². The minimum absolute atomic E-state index is 0.0110. The number of amides is 1. The Kier molecular flexibility index (Phi) is 6.40. The van der Waals surface area contributed by atoms with Gasteiger partial charge < -0.3 is 15.1 Å². The number of carbonyl (C=O) groups is 1. The molecule has 1 fully saturated rings. The third-order valence-electron chi connectivity index (χ3n) is 5.80. The van der Waals surface area contributed by atoms with Gasteiger partial charge in [-0.2, -0.15) is 0 Å². The maximum Gasteiger partial charge on any atom is 0.251 e. The molecule has 4 nitrogen and oxygen atoms in total. The fraction of sp³-hybridized carbons (Fsp3) is 0.458. The Morgan fingerprint density at radius 3 is 2.32 bits per heavy atom. The molecule has 2 aromatic rings. The summed E-state index contributed by atoms with van der Waals surface area (Å²) < 4.78 is 0. The van der Waals surface area contributed by atoms with Gasteiger partial charge in [-0.15, -0.1) is 0 Å². The average Bonchev–Trinajstić information content (AvgIpc) is 2.72. The van der Waals surface area contributed by atoms with Crippen molar-refractivity contribution in [3.63, 3.8) is 0 Å². The van der Waals surface area contributed by atoms with Gasteiger partial charge in [0.25, 0.3) is 5.91 Å². The van der Waals surface area contributed by atoms with Crippen LogP contribution in [0.3, 0.4) is 0 Å². The molecular weight excluding hydrogens is 346 g/mol. The molecule has 2 aromatic carbocycles. The van der Waals surface area contributed by atoms with Crippen molar-refractivity contribution in [2.75, 3.05) is 44.2 Å². The van der Waals surface area contributed by atoms with E-state index < -0.39 is 0 Å². The summed E-state index contributed by atoms with van der Waals surface area (Å²) in [6.07, 6.45) is 0. The van der Waals surface area contributed by atoms with Crippen LogP contribution in [0.1, 0.15) is 42.3 Å². The van der Waals surface area contributed by atoms with E-state index in [4.69, 9.17) is 0 Å². The monoisotopic (exact) mass is 379 g/mol. The first-order valence-corrected chi connectivity index (χ1v) is 10.3. The van der Waals surface area contributed by atoms with Crippen molar-refractivity contribution < 1.29 is 4.79 Å². The maximum absolute atomic E-state index is 12.6. The highest BCUT2D eigenvalue weighted by molar-refractivity contribution is 5.94. The van der Waals surface area contributed by atoms with E-state index in [-0.39, 0.29) is 11.3 Å². The standard InChI is InChI=1S/C24H33N3O/c1-5-26-13-15-27(16-14-26)22-11-9-20(10-12-22)23(28)25-18-24(3,4)21-8-6-7-19(2)17-21/h6-12,17H,5,13-16,18H2,1-4H3,(H,25,28). The minimum atomic E-state index is -0.111. The number of piperazine rings is 1. The second-order valence-electron chi connectivity index (χ2n) is 8.40. The van der Waals surface area contributed by atoms with E-state index in [1.54, 1.807) is 0 Å². The molecule has 1 amide bonds. The van der Waals surface area contributed by atoms with Crippen molar-refractivity contribution in [1.82, 2.24) is 10.2 Å². The topological polar surface area (TPSA) is 35.6 Å². The SMILES string of the molecule is CCN1CCN(c2ccc(C(=O)NCC(C)(C)c3cccc(C)c3)cc2)CC1. The summed E-state index contributed by atoms with van der Waals surface area (Å²) in [6.45, 7) is 14.7. The first kappa shape index (κ1) is 20.4. The molecule has 0 radical (unpaired) electrons. The van der Waals surface area contributed by atoms with Gasteiger partial charge in [0.1, 0.15) is 0 Å². The van der Waals surface area contributed by atoms with Crippen molar-refractivity contribution in [3.05, 3.63) is 65.2 Å². The zero-order chi connectivity index (χ0) is 20.1. The molecule has 0 saturated carbocycles. The highest BCUT2D eigenvalue weighted by Gasteiger charge is 2.22. The lowest BCUT2D eigenvalue weighted by atomic mass is 9.84. The van der Waals surface area contributed by atoms with Gasteiger partial charge in [-0.25, -0.2) is 0 Å². The zero-order valence-electron chi connectivity index (χ0n) is 17.7. The smallest absolute Gasteiger partial charge is 0.251 e. The van der Waals surface area contributed by atoms with Gasteiger partial charge in [0.05, 0.1) is 0 Å². The van der Waals surface area contributed by atoms with E-state index >= 15 is 0 Å². The Bertz CT molecular complexity index is 790. The van der Waals surface area contributed by atoms with Crippen LogP contribution in [0.4, 0.5) is 5.69 Å². The van der Waals surface area contributed by atoms with Crippen molar-refractivity contribution in [2.45, 2.75) is 33.1 Å². The zero-order valence-corrected chi connectivity index (χ0v) is 17.7. The van der Waals surface area contributed by atoms with Crippen LogP contribution >= 0.6 is 0 Å². The van der Waals surface area contributed by atoms with Crippen LogP contribution in [0.25, 0.3) is 0 Å². The maximum atomic E-state index is 12.6. The van der Waals surface area contributed by atoms with E-state index in [0.29, 0.717) is 6.54 Å². The van der Waals surface area contributed by atoms with Crippen LogP contribution in [0, 0.1) is 6.92 Å². The fourth-order valence-electron chi connectivity index (χ4n) is 3.72. The summed E-state index contributed by atoms with van der Waals surface area (Å²) >= 11 is 0. The van der Waals surface area contributed by atoms with Crippen molar-refractivity contribution in [3.8, 4) is 0 Å². The van der Waals surface area contributed by atoms with Crippen molar-refractivity contribution in [1.29, 1.82) is 0 Å². The van der Waals surface area contributed by atoms with Crippen LogP contribution in [-0.2, 0) is 5.41 Å². The fourth-order valence-corrected chi connectivity index (χ4v) is 3.72. The second-order valence-corrected chi connectivity index (χ2v) is 8.40. The van der Waals surface area contributed by atoms with Gasteiger partial charge in [0.15, 0.2) is 0 Å². The molecular formula is C24H33N3O. The van der Waals surface area contributed by atoms with Crippen molar-refractivity contribution in [2.24, 2.45) is 0 Å². The number of benzene rings is 2. The number of carbonyl (C=O) groups excluding carboxylic acids is 1. The first-order valence-electron chi connectivity index (χ1n) is 10.3. The van der Waals surface area contributed by atoms with E-state index in [9.17, 15) is 4.79 Å². The molecule has 0 aromatic heterocycles. The molecule has 4 heteroatoms. The molecule has 0 aliphatic carbocycles. The minimum Gasteiger partial charge on any atom is -0.369 e. The lowest BCUT2D eigenvalue weighted by Crippen LogP contribution is -2.46. The van der Waals surface area contributed by atoms with Gasteiger partial charge in [-0.05, 0) is 43.3 Å². The highest BCUT2D eigenvalue weighted by atomic mass is 16.1. The third kappa shape index (κ3) is 4.93. The van der Waals surface area contributed by atoms with E-state index in [2.05, 4.69) is 79.2 Å². The Morgan fingerprint density at radius 1 is 1.04 bits per heavy atom. The van der Waals surface area contributed by atoms with Gasteiger partial charge >= 0.3 is 0 Å². The quantitative estimate of drug-likeness (QED) is 0.828. The number of anilines is 1. The van der Waals surface area contributed by atoms with Crippen LogP contribution in [0.5, 0.6) is 0 Å². The highest BCUT2D eigenvalue weighted by Crippen LogP contribution is 2.23. The molecule has 1 heterocycles. The lowest BCUT2D eigenvalue weighted by Gasteiger charge is -2.35. The second kappa shape index (κ2) is 8.78. The summed E-state index contributed by atoms with van der Waals surface area (Å²) in [6, 6.07) is 16.5.